The number of hydrogen-bond donors (Lipinski definition) is 1. The Morgan fingerprint density at radius 2 is 2.24 bits per heavy atom. The number of hydrogen-bond acceptors (Lipinski definition) is 6. The molecule has 0 aliphatic carbocycles. The van der Waals surface area contributed by atoms with Gasteiger partial charge in [0.25, 0.3) is 5.69 Å². The molecule has 0 saturated carbocycles. The second-order valence-electron chi connectivity index (χ2n) is 4.69. The van der Waals surface area contributed by atoms with Gasteiger partial charge in [0, 0.05) is 12.5 Å². The zero-order chi connectivity index (χ0) is 15.7. The van der Waals surface area contributed by atoms with Crippen molar-refractivity contribution in [3.8, 4) is 0 Å². The van der Waals surface area contributed by atoms with Crippen molar-refractivity contribution < 1.29 is 14.5 Å². The van der Waals surface area contributed by atoms with Crippen LogP contribution in [0.25, 0.3) is 0 Å². The van der Waals surface area contributed by atoms with Crippen LogP contribution in [-0.2, 0) is 9.53 Å². The van der Waals surface area contributed by atoms with E-state index in [9.17, 15) is 14.9 Å². The summed E-state index contributed by atoms with van der Waals surface area (Å²) in [5.41, 5.74) is -0.0559. The number of aromatic nitrogens is 1. The van der Waals surface area contributed by atoms with Crippen molar-refractivity contribution in [2.45, 2.75) is 45.6 Å². The molecule has 1 N–H and O–H groups in total. The third kappa shape index (κ3) is 6.20. The summed E-state index contributed by atoms with van der Waals surface area (Å²) >= 11 is 0. The van der Waals surface area contributed by atoms with Gasteiger partial charge in [-0.25, -0.2) is 4.98 Å². The largest absolute Gasteiger partial charge is 0.463 e. The highest BCUT2D eigenvalue weighted by atomic mass is 16.6. The molecular formula is C14H21N3O4. The molecule has 1 aromatic rings. The van der Waals surface area contributed by atoms with E-state index in [1.54, 1.807) is 6.07 Å². The van der Waals surface area contributed by atoms with Crippen LogP contribution >= 0.6 is 0 Å². The molecule has 7 nitrogen and oxygen atoms in total. The molecule has 1 atom stereocenters. The smallest absolute Gasteiger partial charge is 0.305 e. The van der Waals surface area contributed by atoms with Crippen molar-refractivity contribution in [3.63, 3.8) is 0 Å². The Morgan fingerprint density at radius 3 is 2.76 bits per heavy atom. The second kappa shape index (κ2) is 8.89. The predicted molar refractivity (Wildman–Crippen MR) is 79.1 cm³/mol. The molecule has 0 aromatic carbocycles. The third-order valence-electron chi connectivity index (χ3n) is 2.98. The molecule has 116 valence electrons. The lowest BCUT2D eigenvalue weighted by molar-refractivity contribution is -0.385. The summed E-state index contributed by atoms with van der Waals surface area (Å²) < 4.78 is 5.19. The van der Waals surface area contributed by atoms with E-state index in [1.165, 1.54) is 12.3 Å². The fourth-order valence-corrected chi connectivity index (χ4v) is 1.64. The number of carbonyl (C=O) groups excluding carboxylic acids is 1. The first-order chi connectivity index (χ1) is 10.1. The fraction of sp³-hybridized carbons (Fsp3) is 0.571. The first kappa shape index (κ1) is 16.9. The van der Waals surface area contributed by atoms with Crippen LogP contribution in [0.1, 0.15) is 39.5 Å². The summed E-state index contributed by atoms with van der Waals surface area (Å²) in [6.45, 7) is 4.24. The Labute approximate surface area is 123 Å². The Morgan fingerprint density at radius 1 is 1.48 bits per heavy atom. The van der Waals surface area contributed by atoms with Gasteiger partial charge in [-0.3, -0.25) is 14.9 Å². The third-order valence-corrected chi connectivity index (χ3v) is 2.98. The first-order valence-electron chi connectivity index (χ1n) is 7.09. The molecule has 0 spiro atoms. The average molecular weight is 295 g/mol. The minimum Gasteiger partial charge on any atom is -0.463 e. The van der Waals surface area contributed by atoms with Crippen LogP contribution in [-0.4, -0.2) is 28.5 Å². The van der Waals surface area contributed by atoms with Crippen LogP contribution in [0.5, 0.6) is 0 Å². The van der Waals surface area contributed by atoms with Crippen molar-refractivity contribution in [1.82, 2.24) is 4.98 Å². The van der Waals surface area contributed by atoms with Crippen LogP contribution in [0, 0.1) is 10.1 Å². The standard InChI is InChI=1S/C14H21N3O4/c1-3-5-6-14(18)21-10-11(4-2)16-13-8-7-12(9-15-13)17(19)20/h7-9,11H,3-6,10H2,1-2H3,(H,15,16). The van der Waals surface area contributed by atoms with Crippen molar-refractivity contribution in [2.75, 3.05) is 11.9 Å². The Hall–Kier alpha value is -2.18. The first-order valence-corrected chi connectivity index (χ1v) is 7.09. The summed E-state index contributed by atoms with van der Waals surface area (Å²) in [6.07, 6.45) is 4.16. The number of nitrogens with zero attached hydrogens (tertiary/aromatic N) is 2. The molecule has 0 radical (unpaired) electrons. The van der Waals surface area contributed by atoms with Gasteiger partial charge in [0.15, 0.2) is 0 Å². The average Bonchev–Trinajstić information content (AvgIpc) is 2.49. The topological polar surface area (TPSA) is 94.4 Å². The van der Waals surface area contributed by atoms with Crippen molar-refractivity contribution in [2.24, 2.45) is 0 Å². The highest BCUT2D eigenvalue weighted by Crippen LogP contribution is 2.13. The number of rotatable bonds is 9. The molecule has 21 heavy (non-hydrogen) atoms. The summed E-state index contributed by atoms with van der Waals surface area (Å²) in [5.74, 6) is 0.325. The Kier molecular flexibility index (Phi) is 7.14. The quantitative estimate of drug-likeness (QED) is 0.427. The normalized spacial score (nSPS) is 11.7. The lowest BCUT2D eigenvalue weighted by atomic mass is 10.2. The van der Waals surface area contributed by atoms with Crippen molar-refractivity contribution >= 4 is 17.5 Å². The van der Waals surface area contributed by atoms with Gasteiger partial charge in [0.1, 0.15) is 18.6 Å². The van der Waals surface area contributed by atoms with Gasteiger partial charge >= 0.3 is 5.97 Å². The van der Waals surface area contributed by atoms with E-state index in [-0.39, 0.29) is 24.3 Å². The van der Waals surface area contributed by atoms with Crippen LogP contribution in [0.4, 0.5) is 11.5 Å². The maximum Gasteiger partial charge on any atom is 0.305 e. The second-order valence-corrected chi connectivity index (χ2v) is 4.69. The van der Waals surface area contributed by atoms with E-state index in [2.05, 4.69) is 10.3 Å². The van der Waals surface area contributed by atoms with Crippen molar-refractivity contribution in [1.29, 1.82) is 0 Å². The molecule has 0 fully saturated rings. The molecule has 0 aliphatic heterocycles. The molecule has 1 aromatic heterocycles. The van der Waals surface area contributed by atoms with E-state index in [1.807, 2.05) is 13.8 Å². The van der Waals surface area contributed by atoms with Gasteiger partial charge in [0.2, 0.25) is 0 Å². The summed E-state index contributed by atoms with van der Waals surface area (Å²) in [5, 5.41) is 13.6. The van der Waals surface area contributed by atoms with Crippen LogP contribution in [0.2, 0.25) is 0 Å². The summed E-state index contributed by atoms with van der Waals surface area (Å²) in [4.78, 5) is 25.5. The van der Waals surface area contributed by atoms with E-state index >= 15 is 0 Å². The monoisotopic (exact) mass is 295 g/mol. The van der Waals surface area contributed by atoms with Gasteiger partial charge in [-0.2, -0.15) is 0 Å². The SMILES string of the molecule is CCCCC(=O)OCC(CC)Nc1ccc([N+](=O)[O-])cn1. The highest BCUT2D eigenvalue weighted by Gasteiger charge is 2.12. The number of ether oxygens (including phenoxy) is 1. The number of nitrogens with one attached hydrogen (secondary N) is 1. The van der Waals surface area contributed by atoms with Gasteiger partial charge in [0.05, 0.1) is 11.0 Å². The highest BCUT2D eigenvalue weighted by molar-refractivity contribution is 5.69. The zero-order valence-corrected chi connectivity index (χ0v) is 12.4. The lowest BCUT2D eigenvalue weighted by Gasteiger charge is -2.17. The number of pyridine rings is 1. The maximum atomic E-state index is 11.5. The number of carbonyl (C=O) groups is 1. The van der Waals surface area contributed by atoms with Crippen LogP contribution < -0.4 is 5.32 Å². The predicted octanol–water partition coefficient (Wildman–Crippen LogP) is 2.91. The molecule has 7 heteroatoms. The molecule has 0 amide bonds. The molecule has 0 bridgehead atoms. The molecule has 0 aliphatic rings. The minimum absolute atomic E-state index is 0.0559. The van der Waals surface area contributed by atoms with Gasteiger partial charge in [-0.1, -0.05) is 20.3 Å². The number of esters is 1. The molecule has 0 saturated heterocycles. The van der Waals surface area contributed by atoms with E-state index in [0.717, 1.165) is 19.3 Å². The Balaban J connectivity index is 2.46. The maximum absolute atomic E-state index is 11.5. The van der Waals surface area contributed by atoms with Crippen molar-refractivity contribution in [3.05, 3.63) is 28.4 Å². The van der Waals surface area contributed by atoms with E-state index in [0.29, 0.717) is 12.2 Å². The molecule has 1 rings (SSSR count). The number of anilines is 1. The van der Waals surface area contributed by atoms with E-state index < -0.39 is 4.92 Å². The molecule has 1 heterocycles. The van der Waals surface area contributed by atoms with Crippen LogP contribution in [0.15, 0.2) is 18.3 Å². The number of unbranched alkanes of at least 4 members (excludes halogenated alkanes) is 1. The lowest BCUT2D eigenvalue weighted by Crippen LogP contribution is -2.26. The zero-order valence-electron chi connectivity index (χ0n) is 12.4. The van der Waals surface area contributed by atoms with Gasteiger partial charge in [-0.05, 0) is 18.9 Å². The number of nitro groups is 1. The molecule has 1 unspecified atom stereocenters. The van der Waals surface area contributed by atoms with Crippen LogP contribution in [0.3, 0.4) is 0 Å². The molecular weight excluding hydrogens is 274 g/mol. The minimum atomic E-state index is -0.496. The van der Waals surface area contributed by atoms with Gasteiger partial charge < -0.3 is 10.1 Å². The van der Waals surface area contributed by atoms with Gasteiger partial charge in [-0.15, -0.1) is 0 Å². The van der Waals surface area contributed by atoms with E-state index in [4.69, 9.17) is 4.74 Å². The Bertz CT molecular complexity index is 462. The summed E-state index contributed by atoms with van der Waals surface area (Å²) in [7, 11) is 0. The summed E-state index contributed by atoms with van der Waals surface area (Å²) in [6, 6.07) is 2.86. The fourth-order valence-electron chi connectivity index (χ4n) is 1.64.